The van der Waals surface area contributed by atoms with Crippen molar-refractivity contribution in [3.8, 4) is 0 Å². The van der Waals surface area contributed by atoms with E-state index in [0.29, 0.717) is 15.2 Å². The summed E-state index contributed by atoms with van der Waals surface area (Å²) >= 11 is 2.18. The number of carbonyl (C=O) groups excluding carboxylic acids is 1. The second-order valence-corrected chi connectivity index (χ2v) is 5.60. The van der Waals surface area contributed by atoms with Gasteiger partial charge in [0, 0.05) is 7.05 Å². The summed E-state index contributed by atoms with van der Waals surface area (Å²) in [7, 11) is 1.70. The Morgan fingerprint density at radius 3 is 2.95 bits per heavy atom. The fraction of sp³-hybridized carbons (Fsp3) is 0.222. The van der Waals surface area contributed by atoms with Crippen LogP contribution in [0, 0.1) is 0 Å². The molecule has 0 unspecified atom stereocenters. The Balaban J connectivity index is 1.98. The van der Waals surface area contributed by atoms with Crippen LogP contribution in [-0.4, -0.2) is 42.5 Å². The lowest BCUT2D eigenvalue weighted by molar-refractivity contribution is -0.133. The number of nitrogens with zero attached hydrogens (tertiary/aromatic N) is 4. The lowest BCUT2D eigenvalue weighted by atomic mass is 10.4. The smallest absolute Gasteiger partial charge is 0.313 e. The molecule has 0 saturated carbocycles. The maximum absolute atomic E-state index is 11.8. The van der Waals surface area contributed by atoms with E-state index in [1.54, 1.807) is 11.6 Å². The number of carbonyl (C=O) groups is 2. The minimum Gasteiger partial charge on any atom is -0.481 e. The molecule has 0 aliphatic heterocycles. The van der Waals surface area contributed by atoms with Crippen LogP contribution in [0.5, 0.6) is 0 Å². The number of anilines is 1. The molecule has 2 N–H and O–H groups in total. The van der Waals surface area contributed by atoms with Crippen LogP contribution in [0.4, 0.5) is 5.13 Å². The lowest BCUT2D eigenvalue weighted by Crippen LogP contribution is -2.15. The van der Waals surface area contributed by atoms with Crippen LogP contribution in [0.1, 0.15) is 10.5 Å². The normalized spacial score (nSPS) is 10.4. The zero-order valence-corrected chi connectivity index (χ0v) is 11.4. The largest absolute Gasteiger partial charge is 0.481 e. The molecule has 2 heterocycles. The highest BCUT2D eigenvalue weighted by Gasteiger charge is 2.13. The maximum atomic E-state index is 11.8. The topological polar surface area (TPSA) is 110 Å². The van der Waals surface area contributed by atoms with Gasteiger partial charge in [0.15, 0.2) is 4.34 Å². The Morgan fingerprint density at radius 1 is 1.53 bits per heavy atom. The SMILES string of the molecule is Cn1cncc1C(=O)Nc1nnc(SCC(=O)O)s1. The Labute approximate surface area is 115 Å². The van der Waals surface area contributed by atoms with E-state index < -0.39 is 5.97 Å². The Bertz CT molecular complexity index is 609. The fourth-order valence-corrected chi connectivity index (χ4v) is 2.65. The van der Waals surface area contributed by atoms with Crippen molar-refractivity contribution in [1.29, 1.82) is 0 Å². The first-order valence-electron chi connectivity index (χ1n) is 5.02. The number of thioether (sulfide) groups is 1. The van der Waals surface area contributed by atoms with Gasteiger partial charge in [-0.15, -0.1) is 10.2 Å². The highest BCUT2D eigenvalue weighted by Crippen LogP contribution is 2.25. The standard InChI is InChI=1S/C9H9N5O3S2/c1-14-4-10-2-5(14)7(17)11-8-12-13-9(19-8)18-3-6(15)16/h2,4H,3H2,1H3,(H,15,16)(H,11,12,17). The monoisotopic (exact) mass is 299 g/mol. The minimum atomic E-state index is -0.930. The molecule has 0 aromatic carbocycles. The quantitative estimate of drug-likeness (QED) is 0.617. The van der Waals surface area contributed by atoms with Gasteiger partial charge in [0.05, 0.1) is 18.3 Å². The molecular formula is C9H9N5O3S2. The van der Waals surface area contributed by atoms with Gasteiger partial charge in [-0.1, -0.05) is 23.1 Å². The predicted molar refractivity (Wildman–Crippen MR) is 69.4 cm³/mol. The van der Waals surface area contributed by atoms with Crippen molar-refractivity contribution in [3.63, 3.8) is 0 Å². The first-order chi connectivity index (χ1) is 9.06. The van der Waals surface area contributed by atoms with Crippen molar-refractivity contribution in [3.05, 3.63) is 18.2 Å². The van der Waals surface area contributed by atoms with Crippen molar-refractivity contribution >= 4 is 40.1 Å². The van der Waals surface area contributed by atoms with Gasteiger partial charge in [0.2, 0.25) is 5.13 Å². The molecule has 19 heavy (non-hydrogen) atoms. The van der Waals surface area contributed by atoms with E-state index in [-0.39, 0.29) is 11.7 Å². The second kappa shape index (κ2) is 5.80. The number of rotatable bonds is 5. The molecule has 10 heteroatoms. The molecule has 0 fully saturated rings. The van der Waals surface area contributed by atoms with Gasteiger partial charge in [-0.2, -0.15) is 0 Å². The molecule has 2 aromatic rings. The van der Waals surface area contributed by atoms with Gasteiger partial charge < -0.3 is 9.67 Å². The predicted octanol–water partition coefficient (Wildman–Crippen LogP) is 0.701. The van der Waals surface area contributed by atoms with Crippen LogP contribution in [-0.2, 0) is 11.8 Å². The fourth-order valence-electron chi connectivity index (χ4n) is 1.18. The number of carboxylic acids is 1. The summed E-state index contributed by atoms with van der Waals surface area (Å²) in [6, 6.07) is 0. The second-order valence-electron chi connectivity index (χ2n) is 3.40. The third kappa shape index (κ3) is 3.51. The van der Waals surface area contributed by atoms with Crippen LogP contribution in [0.25, 0.3) is 0 Å². The van der Waals surface area contributed by atoms with E-state index in [1.165, 1.54) is 12.5 Å². The van der Waals surface area contributed by atoms with Crippen molar-refractivity contribution in [2.75, 3.05) is 11.1 Å². The molecule has 0 radical (unpaired) electrons. The highest BCUT2D eigenvalue weighted by molar-refractivity contribution is 8.01. The molecule has 2 rings (SSSR count). The van der Waals surface area contributed by atoms with Crippen molar-refractivity contribution in [1.82, 2.24) is 19.7 Å². The van der Waals surface area contributed by atoms with Crippen molar-refractivity contribution < 1.29 is 14.7 Å². The molecule has 0 aliphatic carbocycles. The highest BCUT2D eigenvalue weighted by atomic mass is 32.2. The summed E-state index contributed by atoms with van der Waals surface area (Å²) in [6.45, 7) is 0. The Hall–Kier alpha value is -1.94. The molecule has 1 amide bonds. The molecule has 2 aromatic heterocycles. The third-order valence-electron chi connectivity index (χ3n) is 2.00. The van der Waals surface area contributed by atoms with E-state index in [2.05, 4.69) is 20.5 Å². The Morgan fingerprint density at radius 2 is 2.32 bits per heavy atom. The molecule has 0 spiro atoms. The summed E-state index contributed by atoms with van der Waals surface area (Å²) in [5, 5.41) is 19.0. The number of hydrogen-bond donors (Lipinski definition) is 2. The average molecular weight is 299 g/mol. The number of carboxylic acid groups (broad SMARTS) is 1. The number of aromatic nitrogens is 4. The van der Waals surface area contributed by atoms with Crippen molar-refractivity contribution in [2.45, 2.75) is 4.34 Å². The van der Waals surface area contributed by atoms with E-state index in [9.17, 15) is 9.59 Å². The van der Waals surface area contributed by atoms with Crippen LogP contribution >= 0.6 is 23.1 Å². The van der Waals surface area contributed by atoms with Gasteiger partial charge >= 0.3 is 5.97 Å². The summed E-state index contributed by atoms with van der Waals surface area (Å²) < 4.78 is 2.07. The molecule has 0 atom stereocenters. The number of imidazole rings is 1. The number of nitrogens with one attached hydrogen (secondary N) is 1. The molecule has 0 saturated heterocycles. The Kier molecular flexibility index (Phi) is 4.12. The van der Waals surface area contributed by atoms with Gasteiger partial charge in [-0.25, -0.2) is 4.98 Å². The van der Waals surface area contributed by atoms with E-state index in [1.807, 2.05) is 0 Å². The minimum absolute atomic E-state index is 0.0929. The van der Waals surface area contributed by atoms with Crippen LogP contribution in [0.3, 0.4) is 0 Å². The number of hydrogen-bond acceptors (Lipinski definition) is 7. The van der Waals surface area contributed by atoms with Crippen LogP contribution in [0.2, 0.25) is 0 Å². The van der Waals surface area contributed by atoms with E-state index >= 15 is 0 Å². The van der Waals surface area contributed by atoms with Gasteiger partial charge in [-0.3, -0.25) is 14.9 Å². The van der Waals surface area contributed by atoms with E-state index in [0.717, 1.165) is 23.1 Å². The van der Waals surface area contributed by atoms with Crippen LogP contribution < -0.4 is 5.32 Å². The zero-order chi connectivity index (χ0) is 13.8. The van der Waals surface area contributed by atoms with Gasteiger partial charge in [0.25, 0.3) is 5.91 Å². The first-order valence-corrected chi connectivity index (χ1v) is 6.82. The van der Waals surface area contributed by atoms with Crippen molar-refractivity contribution in [2.24, 2.45) is 7.05 Å². The lowest BCUT2D eigenvalue weighted by Gasteiger charge is -2.00. The number of aliphatic carboxylic acids is 1. The first kappa shape index (κ1) is 13.5. The molecule has 100 valence electrons. The summed E-state index contributed by atoms with van der Waals surface area (Å²) in [5.41, 5.74) is 0.398. The van der Waals surface area contributed by atoms with Crippen LogP contribution in [0.15, 0.2) is 16.9 Å². The average Bonchev–Trinajstić information content (AvgIpc) is 2.95. The zero-order valence-electron chi connectivity index (χ0n) is 9.73. The number of aryl methyl sites for hydroxylation is 1. The van der Waals surface area contributed by atoms with E-state index in [4.69, 9.17) is 5.11 Å². The van der Waals surface area contributed by atoms with Gasteiger partial charge in [-0.05, 0) is 0 Å². The molecule has 0 aliphatic rings. The molecular weight excluding hydrogens is 290 g/mol. The molecule has 0 bridgehead atoms. The summed E-state index contributed by atoms with van der Waals surface area (Å²) in [6.07, 6.45) is 2.96. The van der Waals surface area contributed by atoms with Gasteiger partial charge in [0.1, 0.15) is 5.69 Å². The maximum Gasteiger partial charge on any atom is 0.313 e. The molecule has 8 nitrogen and oxygen atoms in total. The summed E-state index contributed by atoms with van der Waals surface area (Å²) in [5.74, 6) is -1.36. The number of amides is 1. The third-order valence-corrected chi connectivity index (χ3v) is 3.95. The summed E-state index contributed by atoms with van der Waals surface area (Å²) in [4.78, 5) is 26.1.